The average Bonchev–Trinajstić information content (AvgIpc) is 3.36. The van der Waals surface area contributed by atoms with E-state index in [9.17, 15) is 23.1 Å². The molecule has 1 aliphatic heterocycles. The zero-order chi connectivity index (χ0) is 24.6. The van der Waals surface area contributed by atoms with Gasteiger partial charge in [0.05, 0.1) is 24.0 Å². The Bertz CT molecular complexity index is 1410. The first-order chi connectivity index (χ1) is 16.8. The lowest BCUT2D eigenvalue weighted by atomic mass is 10.1. The number of fused-ring (bicyclic) bond motifs is 1. The number of likely N-dealkylation sites (tertiary alicyclic amines) is 1. The van der Waals surface area contributed by atoms with Crippen molar-refractivity contribution in [1.82, 2.24) is 0 Å². The zero-order valence-electron chi connectivity index (χ0n) is 18.7. The van der Waals surface area contributed by atoms with Gasteiger partial charge < -0.3 is 19.2 Å². The van der Waals surface area contributed by atoms with Crippen LogP contribution < -0.4 is 15.1 Å². The van der Waals surface area contributed by atoms with Gasteiger partial charge in [0.15, 0.2) is 5.58 Å². The van der Waals surface area contributed by atoms with E-state index < -0.39 is 23.1 Å². The average molecular weight is 482 g/mol. The molecule has 0 amide bonds. The van der Waals surface area contributed by atoms with E-state index in [0.29, 0.717) is 0 Å². The van der Waals surface area contributed by atoms with Crippen LogP contribution in [-0.4, -0.2) is 18.2 Å². The fourth-order valence-electron chi connectivity index (χ4n) is 4.50. The summed E-state index contributed by atoms with van der Waals surface area (Å²) in [4.78, 5) is 14.3. The van der Waals surface area contributed by atoms with Gasteiger partial charge in [0.1, 0.15) is 18.0 Å². The van der Waals surface area contributed by atoms with Gasteiger partial charge in [-0.2, -0.15) is 13.2 Å². The van der Waals surface area contributed by atoms with Crippen LogP contribution in [0.25, 0.3) is 22.1 Å². The van der Waals surface area contributed by atoms with Gasteiger partial charge in [0.2, 0.25) is 11.2 Å². The Hall–Kier alpha value is -3.78. The van der Waals surface area contributed by atoms with Crippen molar-refractivity contribution >= 4 is 11.0 Å². The molecular formula is C27H23F3NO4+. The van der Waals surface area contributed by atoms with Crippen molar-refractivity contribution in [3.63, 3.8) is 0 Å². The summed E-state index contributed by atoms with van der Waals surface area (Å²) in [6, 6.07) is 18.5. The molecule has 1 aromatic heterocycles. The van der Waals surface area contributed by atoms with Crippen molar-refractivity contribution in [1.29, 1.82) is 0 Å². The highest BCUT2D eigenvalue weighted by atomic mass is 19.4. The first kappa shape index (κ1) is 23.0. The number of quaternary nitrogens is 1. The van der Waals surface area contributed by atoms with E-state index in [2.05, 4.69) is 0 Å². The van der Waals surface area contributed by atoms with Gasteiger partial charge in [0.25, 0.3) is 5.76 Å². The first-order valence-corrected chi connectivity index (χ1v) is 11.4. The van der Waals surface area contributed by atoms with Crippen molar-refractivity contribution in [2.75, 3.05) is 13.1 Å². The third-order valence-corrected chi connectivity index (χ3v) is 6.27. The van der Waals surface area contributed by atoms with Crippen molar-refractivity contribution in [3.8, 4) is 28.4 Å². The highest BCUT2D eigenvalue weighted by Gasteiger charge is 2.41. The number of alkyl halides is 3. The molecule has 2 heterocycles. The minimum absolute atomic E-state index is 0.0692. The summed E-state index contributed by atoms with van der Waals surface area (Å²) in [6.45, 7) is 1.95. The Morgan fingerprint density at radius 3 is 2.23 bits per heavy atom. The van der Waals surface area contributed by atoms with Crippen LogP contribution in [-0.2, 0) is 12.7 Å². The van der Waals surface area contributed by atoms with E-state index in [1.165, 1.54) is 24.3 Å². The Morgan fingerprint density at radius 2 is 1.57 bits per heavy atom. The van der Waals surface area contributed by atoms with E-state index in [0.717, 1.165) is 42.0 Å². The molecule has 1 aliphatic rings. The summed E-state index contributed by atoms with van der Waals surface area (Å²) < 4.78 is 52.8. The smallest absolute Gasteiger partial charge is 0.453 e. The quantitative estimate of drug-likeness (QED) is 0.413. The number of rotatable bonds is 5. The highest BCUT2D eigenvalue weighted by Crippen LogP contribution is 2.40. The van der Waals surface area contributed by atoms with Crippen molar-refractivity contribution in [3.05, 3.63) is 88.3 Å². The van der Waals surface area contributed by atoms with Crippen LogP contribution >= 0.6 is 0 Å². The van der Waals surface area contributed by atoms with E-state index >= 15 is 0 Å². The second kappa shape index (κ2) is 9.11. The van der Waals surface area contributed by atoms with E-state index in [-0.39, 0.29) is 34.6 Å². The van der Waals surface area contributed by atoms with E-state index in [4.69, 9.17) is 9.15 Å². The zero-order valence-corrected chi connectivity index (χ0v) is 18.7. The first-order valence-electron chi connectivity index (χ1n) is 11.4. The molecular weight excluding hydrogens is 459 g/mol. The molecule has 5 rings (SSSR count). The standard InChI is InChI=1S/C27H22F3NO4/c28-27(29,30)26-25(34-19-10-8-18(9-11-19)17-6-2-1-3-7-17)23(33)20-12-13-22(32)21(24(20)35-26)16-31-14-4-5-15-31/h1-3,6-13,32H,4-5,14-16H2/p+1. The maximum absolute atomic E-state index is 14.0. The van der Waals surface area contributed by atoms with E-state index in [1.54, 1.807) is 12.1 Å². The SMILES string of the molecule is O=c1c(Oc2ccc(-c3ccccc3)cc2)c(C(F)(F)F)oc2c(C[NH+]3CCCC3)c(O)ccc12. The molecule has 3 aromatic carbocycles. The van der Waals surface area contributed by atoms with Crippen molar-refractivity contribution in [2.24, 2.45) is 0 Å². The molecule has 0 aliphatic carbocycles. The maximum atomic E-state index is 14.0. The van der Waals surface area contributed by atoms with Crippen LogP contribution in [0.15, 0.2) is 75.9 Å². The van der Waals surface area contributed by atoms with Gasteiger partial charge in [-0.1, -0.05) is 42.5 Å². The summed E-state index contributed by atoms with van der Waals surface area (Å²) in [5.41, 5.74) is 0.787. The largest absolute Gasteiger partial charge is 0.507 e. The van der Waals surface area contributed by atoms with Crippen molar-refractivity contribution < 1.29 is 32.3 Å². The molecule has 1 saturated heterocycles. The van der Waals surface area contributed by atoms with Gasteiger partial charge in [-0.25, -0.2) is 0 Å². The monoisotopic (exact) mass is 482 g/mol. The number of hydrogen-bond acceptors (Lipinski definition) is 4. The fourth-order valence-corrected chi connectivity index (χ4v) is 4.50. The van der Waals surface area contributed by atoms with Crippen LogP contribution in [0.4, 0.5) is 13.2 Å². The molecule has 0 radical (unpaired) electrons. The molecule has 0 spiro atoms. The topological polar surface area (TPSA) is 64.1 Å². The van der Waals surface area contributed by atoms with Gasteiger partial charge in [-0.15, -0.1) is 0 Å². The third kappa shape index (κ3) is 4.61. The van der Waals surface area contributed by atoms with Crippen LogP contribution in [0.1, 0.15) is 24.2 Å². The summed E-state index contributed by atoms with van der Waals surface area (Å²) in [5.74, 6) is -2.58. The lowest BCUT2D eigenvalue weighted by Crippen LogP contribution is -3.08. The second-order valence-corrected chi connectivity index (χ2v) is 8.65. The Balaban J connectivity index is 1.58. The normalized spacial score (nSPS) is 14.5. The van der Waals surface area contributed by atoms with Gasteiger partial charge in [-0.05, 0) is 35.4 Å². The summed E-state index contributed by atoms with van der Waals surface area (Å²) in [7, 11) is 0. The Morgan fingerprint density at radius 1 is 0.914 bits per heavy atom. The molecule has 1 fully saturated rings. The lowest BCUT2D eigenvalue weighted by Gasteiger charge is -2.17. The van der Waals surface area contributed by atoms with Crippen LogP contribution in [0, 0.1) is 0 Å². The van der Waals surface area contributed by atoms with Gasteiger partial charge >= 0.3 is 6.18 Å². The number of phenols is 1. The molecule has 4 aromatic rings. The van der Waals surface area contributed by atoms with Crippen molar-refractivity contribution in [2.45, 2.75) is 25.6 Å². The van der Waals surface area contributed by atoms with Gasteiger partial charge in [0, 0.05) is 12.8 Å². The highest BCUT2D eigenvalue weighted by molar-refractivity contribution is 5.83. The summed E-state index contributed by atoms with van der Waals surface area (Å²) in [5, 5.41) is 10.3. The predicted molar refractivity (Wildman–Crippen MR) is 125 cm³/mol. The molecule has 0 unspecified atom stereocenters. The molecule has 180 valence electrons. The van der Waals surface area contributed by atoms with Gasteiger partial charge in [-0.3, -0.25) is 4.79 Å². The Kier molecular flexibility index (Phi) is 5.98. The second-order valence-electron chi connectivity index (χ2n) is 8.65. The lowest BCUT2D eigenvalue weighted by molar-refractivity contribution is -0.901. The Labute approximate surface area is 199 Å². The molecule has 0 bridgehead atoms. The van der Waals surface area contributed by atoms with Crippen LogP contribution in [0.5, 0.6) is 17.2 Å². The summed E-state index contributed by atoms with van der Waals surface area (Å²) in [6.07, 6.45) is -2.98. The van der Waals surface area contributed by atoms with Crippen LogP contribution in [0.3, 0.4) is 0 Å². The third-order valence-electron chi connectivity index (χ3n) is 6.27. The number of aromatic hydroxyl groups is 1. The number of hydrogen-bond donors (Lipinski definition) is 2. The summed E-state index contributed by atoms with van der Waals surface area (Å²) >= 11 is 0. The molecule has 0 saturated carbocycles. The number of nitrogens with one attached hydrogen (secondary N) is 1. The number of ether oxygens (including phenoxy) is 1. The number of phenolic OH excluding ortho intramolecular Hbond substituents is 1. The minimum Gasteiger partial charge on any atom is -0.507 e. The van der Waals surface area contributed by atoms with E-state index in [1.807, 2.05) is 30.3 Å². The number of benzene rings is 3. The maximum Gasteiger partial charge on any atom is 0.453 e. The predicted octanol–water partition coefficient (Wildman–Crippen LogP) is 5.16. The molecule has 0 atom stereocenters. The molecule has 35 heavy (non-hydrogen) atoms. The minimum atomic E-state index is -4.98. The molecule has 5 nitrogen and oxygen atoms in total. The molecule has 8 heteroatoms. The fraction of sp³-hybridized carbons (Fsp3) is 0.222. The van der Waals surface area contributed by atoms with Crippen LogP contribution in [0.2, 0.25) is 0 Å². The number of halogens is 3. The molecule has 2 N–H and O–H groups in total.